The van der Waals surface area contributed by atoms with Gasteiger partial charge in [-0.1, -0.05) is 30.0 Å². The quantitative estimate of drug-likeness (QED) is 0.604. The molecule has 0 bridgehead atoms. The van der Waals surface area contributed by atoms with E-state index in [4.69, 9.17) is 9.47 Å². The average molecular weight is 385 g/mol. The van der Waals surface area contributed by atoms with Gasteiger partial charge in [0.05, 0.1) is 31.0 Å². The number of nitrogens with one attached hydrogen (secondary N) is 1. The lowest BCUT2D eigenvalue weighted by atomic mass is 10.1. The molecule has 0 saturated carbocycles. The SMILES string of the molecule is COc1ccc(CCNC(=O)CSc2nc3ccccc3n2C)cc1OC. The third-order valence-corrected chi connectivity index (χ3v) is 5.29. The number of benzene rings is 2. The molecule has 1 N–H and O–H groups in total. The van der Waals surface area contributed by atoms with Gasteiger partial charge in [-0.15, -0.1) is 0 Å². The summed E-state index contributed by atoms with van der Waals surface area (Å²) in [5.41, 5.74) is 3.08. The molecular weight excluding hydrogens is 362 g/mol. The van der Waals surface area contributed by atoms with Gasteiger partial charge in [-0.3, -0.25) is 4.79 Å². The first-order valence-corrected chi connectivity index (χ1v) is 9.62. The number of hydrogen-bond donors (Lipinski definition) is 1. The monoisotopic (exact) mass is 385 g/mol. The van der Waals surface area contributed by atoms with Crippen LogP contribution in [0.25, 0.3) is 11.0 Å². The highest BCUT2D eigenvalue weighted by molar-refractivity contribution is 7.99. The molecule has 1 heterocycles. The van der Waals surface area contributed by atoms with Gasteiger partial charge in [0.2, 0.25) is 5.91 Å². The fourth-order valence-corrected chi connectivity index (χ4v) is 3.63. The van der Waals surface area contributed by atoms with Gasteiger partial charge in [-0.2, -0.15) is 0 Å². The summed E-state index contributed by atoms with van der Waals surface area (Å²) >= 11 is 1.44. The van der Waals surface area contributed by atoms with Crippen molar-refractivity contribution < 1.29 is 14.3 Å². The number of thioether (sulfide) groups is 1. The van der Waals surface area contributed by atoms with Crippen LogP contribution in [-0.4, -0.2) is 42.0 Å². The van der Waals surface area contributed by atoms with E-state index in [1.54, 1.807) is 14.2 Å². The third kappa shape index (κ3) is 4.54. The fourth-order valence-electron chi connectivity index (χ4n) is 2.82. The number of aryl methyl sites for hydroxylation is 1. The minimum Gasteiger partial charge on any atom is -0.493 e. The molecule has 0 spiro atoms. The summed E-state index contributed by atoms with van der Waals surface area (Å²) in [5.74, 6) is 1.72. The Hall–Kier alpha value is -2.67. The minimum absolute atomic E-state index is 0.00691. The third-order valence-electron chi connectivity index (χ3n) is 4.26. The standard InChI is InChI=1S/C20H23N3O3S/c1-23-16-7-5-4-6-15(16)22-20(23)27-13-19(24)21-11-10-14-8-9-17(25-2)18(12-14)26-3/h4-9,12H,10-11,13H2,1-3H3,(H,21,24). The minimum atomic E-state index is -0.00691. The van der Waals surface area contributed by atoms with E-state index in [1.807, 2.05) is 54.1 Å². The molecule has 2 aromatic carbocycles. The number of carbonyl (C=O) groups excluding carboxylic acids is 1. The van der Waals surface area contributed by atoms with E-state index in [2.05, 4.69) is 10.3 Å². The smallest absolute Gasteiger partial charge is 0.230 e. The summed E-state index contributed by atoms with van der Waals surface area (Å²) in [6.45, 7) is 0.567. The second-order valence-corrected chi connectivity index (χ2v) is 6.96. The Morgan fingerprint density at radius 1 is 1.15 bits per heavy atom. The zero-order chi connectivity index (χ0) is 19.2. The van der Waals surface area contributed by atoms with Gasteiger partial charge in [0.1, 0.15) is 0 Å². The van der Waals surface area contributed by atoms with E-state index in [0.717, 1.165) is 28.2 Å². The van der Waals surface area contributed by atoms with Crippen LogP contribution in [0.15, 0.2) is 47.6 Å². The van der Waals surface area contributed by atoms with Crippen LogP contribution in [0.3, 0.4) is 0 Å². The van der Waals surface area contributed by atoms with Gasteiger partial charge in [-0.05, 0) is 36.2 Å². The van der Waals surface area contributed by atoms with E-state index < -0.39 is 0 Å². The highest BCUT2D eigenvalue weighted by atomic mass is 32.2. The lowest BCUT2D eigenvalue weighted by Gasteiger charge is -2.10. The molecule has 0 aliphatic heterocycles. The maximum atomic E-state index is 12.1. The normalized spacial score (nSPS) is 10.8. The lowest BCUT2D eigenvalue weighted by Crippen LogP contribution is -2.27. The van der Waals surface area contributed by atoms with Crippen LogP contribution in [0.5, 0.6) is 11.5 Å². The molecule has 27 heavy (non-hydrogen) atoms. The van der Waals surface area contributed by atoms with E-state index in [9.17, 15) is 4.79 Å². The Balaban J connectivity index is 1.49. The molecule has 1 amide bonds. The zero-order valence-electron chi connectivity index (χ0n) is 15.7. The predicted octanol–water partition coefficient (Wildman–Crippen LogP) is 3.04. The summed E-state index contributed by atoms with van der Waals surface area (Å²) in [6.07, 6.45) is 0.725. The number of carbonyl (C=O) groups is 1. The Labute approximate surface area is 162 Å². The van der Waals surface area contributed by atoms with Crippen LogP contribution in [-0.2, 0) is 18.3 Å². The predicted molar refractivity (Wildman–Crippen MR) is 108 cm³/mol. The molecule has 0 aliphatic carbocycles. The molecule has 0 saturated heterocycles. The number of ether oxygens (including phenoxy) is 2. The van der Waals surface area contributed by atoms with Crippen LogP contribution in [0.4, 0.5) is 0 Å². The molecule has 1 aromatic heterocycles. The molecule has 7 heteroatoms. The molecule has 142 valence electrons. The van der Waals surface area contributed by atoms with Gasteiger partial charge >= 0.3 is 0 Å². The highest BCUT2D eigenvalue weighted by Crippen LogP contribution is 2.27. The number of methoxy groups -OCH3 is 2. The molecule has 0 aliphatic rings. The summed E-state index contributed by atoms with van der Waals surface area (Å²) < 4.78 is 12.5. The number of fused-ring (bicyclic) bond motifs is 1. The molecule has 0 fully saturated rings. The van der Waals surface area contributed by atoms with Crippen LogP contribution < -0.4 is 14.8 Å². The summed E-state index contributed by atoms with van der Waals surface area (Å²) in [6, 6.07) is 13.7. The maximum absolute atomic E-state index is 12.1. The van der Waals surface area contributed by atoms with Gasteiger partial charge in [-0.25, -0.2) is 4.98 Å². The van der Waals surface area contributed by atoms with Crippen molar-refractivity contribution in [2.24, 2.45) is 7.05 Å². The van der Waals surface area contributed by atoms with Gasteiger partial charge in [0.15, 0.2) is 16.7 Å². The molecule has 0 radical (unpaired) electrons. The van der Waals surface area contributed by atoms with Crippen molar-refractivity contribution in [1.82, 2.24) is 14.9 Å². The van der Waals surface area contributed by atoms with Crippen molar-refractivity contribution in [3.63, 3.8) is 0 Å². The van der Waals surface area contributed by atoms with Crippen molar-refractivity contribution in [2.75, 3.05) is 26.5 Å². The van der Waals surface area contributed by atoms with Crippen molar-refractivity contribution in [3.8, 4) is 11.5 Å². The zero-order valence-corrected chi connectivity index (χ0v) is 16.5. The molecule has 3 rings (SSSR count). The Kier molecular flexibility index (Phi) is 6.24. The first-order chi connectivity index (χ1) is 13.1. The van der Waals surface area contributed by atoms with Gasteiger partial charge in [0, 0.05) is 13.6 Å². The van der Waals surface area contributed by atoms with Crippen molar-refractivity contribution in [3.05, 3.63) is 48.0 Å². The number of aromatic nitrogens is 2. The summed E-state index contributed by atoms with van der Waals surface area (Å²) in [4.78, 5) is 16.7. The van der Waals surface area contributed by atoms with Crippen molar-refractivity contribution in [1.29, 1.82) is 0 Å². The second kappa shape index (κ2) is 8.81. The molecule has 6 nitrogen and oxygen atoms in total. The number of amides is 1. The second-order valence-electron chi connectivity index (χ2n) is 6.02. The van der Waals surface area contributed by atoms with Crippen LogP contribution in [0.2, 0.25) is 0 Å². The van der Waals surface area contributed by atoms with Crippen LogP contribution in [0, 0.1) is 0 Å². The molecule has 0 atom stereocenters. The Morgan fingerprint density at radius 2 is 1.93 bits per heavy atom. The number of nitrogens with zero attached hydrogens (tertiary/aromatic N) is 2. The molecule has 3 aromatic rings. The molecular formula is C20H23N3O3S. The maximum Gasteiger partial charge on any atom is 0.230 e. The van der Waals surface area contributed by atoms with Crippen molar-refractivity contribution >= 4 is 28.7 Å². The first kappa shape index (κ1) is 19.1. The number of para-hydroxylation sites is 2. The van der Waals surface area contributed by atoms with E-state index in [1.165, 1.54) is 11.8 Å². The van der Waals surface area contributed by atoms with E-state index in [0.29, 0.717) is 23.8 Å². The topological polar surface area (TPSA) is 65.4 Å². The summed E-state index contributed by atoms with van der Waals surface area (Å²) in [5, 5.41) is 3.79. The number of rotatable bonds is 8. The lowest BCUT2D eigenvalue weighted by molar-refractivity contribution is -0.118. The van der Waals surface area contributed by atoms with Crippen molar-refractivity contribution in [2.45, 2.75) is 11.6 Å². The first-order valence-electron chi connectivity index (χ1n) is 8.64. The largest absolute Gasteiger partial charge is 0.493 e. The Morgan fingerprint density at radius 3 is 2.67 bits per heavy atom. The van der Waals surface area contributed by atoms with Gasteiger partial charge in [0.25, 0.3) is 0 Å². The fraction of sp³-hybridized carbons (Fsp3) is 0.300. The van der Waals surface area contributed by atoms with E-state index in [-0.39, 0.29) is 5.91 Å². The average Bonchev–Trinajstić information content (AvgIpc) is 3.02. The van der Waals surface area contributed by atoms with Gasteiger partial charge < -0.3 is 19.4 Å². The molecule has 0 unspecified atom stereocenters. The van der Waals surface area contributed by atoms with Crippen LogP contribution >= 0.6 is 11.8 Å². The number of hydrogen-bond acceptors (Lipinski definition) is 5. The summed E-state index contributed by atoms with van der Waals surface area (Å²) in [7, 11) is 5.19. The Bertz CT molecular complexity index is 939. The van der Waals surface area contributed by atoms with E-state index >= 15 is 0 Å². The van der Waals surface area contributed by atoms with Crippen LogP contribution in [0.1, 0.15) is 5.56 Å². The highest BCUT2D eigenvalue weighted by Gasteiger charge is 2.10. The number of imidazole rings is 1.